The predicted octanol–water partition coefficient (Wildman–Crippen LogP) is 2.85. The van der Waals surface area contributed by atoms with Crippen molar-refractivity contribution in [2.75, 3.05) is 13.1 Å². The van der Waals surface area contributed by atoms with E-state index in [-0.39, 0.29) is 0 Å². The molecular formula is C13H17NO2. The fourth-order valence-corrected chi connectivity index (χ4v) is 2.26. The van der Waals surface area contributed by atoms with Gasteiger partial charge in [0.15, 0.2) is 0 Å². The highest BCUT2D eigenvalue weighted by Crippen LogP contribution is 2.26. The van der Waals surface area contributed by atoms with Crippen LogP contribution in [0.25, 0.3) is 0 Å². The lowest BCUT2D eigenvalue weighted by Crippen LogP contribution is -2.38. The zero-order valence-electron chi connectivity index (χ0n) is 9.52. The van der Waals surface area contributed by atoms with E-state index < -0.39 is 6.09 Å². The van der Waals surface area contributed by atoms with Crippen molar-refractivity contribution in [3.63, 3.8) is 0 Å². The van der Waals surface area contributed by atoms with Gasteiger partial charge in [-0.3, -0.25) is 0 Å². The molecule has 0 radical (unpaired) electrons. The summed E-state index contributed by atoms with van der Waals surface area (Å²) in [4.78, 5) is 12.4. The van der Waals surface area contributed by atoms with E-state index in [9.17, 15) is 4.79 Å². The normalized spacial score (nSPS) is 20.8. The summed E-state index contributed by atoms with van der Waals surface area (Å²) in [6, 6.07) is 8.42. The first-order valence-electron chi connectivity index (χ1n) is 5.71. The third-order valence-electron chi connectivity index (χ3n) is 3.24. The van der Waals surface area contributed by atoms with Gasteiger partial charge in [-0.15, -0.1) is 0 Å². The highest BCUT2D eigenvalue weighted by atomic mass is 16.4. The zero-order valence-corrected chi connectivity index (χ0v) is 9.52. The Bertz CT molecular complexity index is 372. The van der Waals surface area contributed by atoms with Crippen LogP contribution in [-0.4, -0.2) is 29.2 Å². The SMILES string of the molecule is Cc1ccc(C2CCCN(C(=O)O)C2)cc1. The molecule has 1 atom stereocenters. The number of carbonyl (C=O) groups is 1. The van der Waals surface area contributed by atoms with E-state index >= 15 is 0 Å². The number of aryl methyl sites for hydroxylation is 1. The Kier molecular flexibility index (Phi) is 3.13. The number of hydrogen-bond donors (Lipinski definition) is 1. The quantitative estimate of drug-likeness (QED) is 0.789. The van der Waals surface area contributed by atoms with Gasteiger partial charge in [0.05, 0.1) is 0 Å². The summed E-state index contributed by atoms with van der Waals surface area (Å²) >= 11 is 0. The van der Waals surface area contributed by atoms with Crippen molar-refractivity contribution in [3.8, 4) is 0 Å². The van der Waals surface area contributed by atoms with Crippen LogP contribution in [-0.2, 0) is 0 Å². The molecule has 0 aromatic heterocycles. The molecule has 1 saturated heterocycles. The van der Waals surface area contributed by atoms with Crippen LogP contribution in [0.2, 0.25) is 0 Å². The molecule has 1 aliphatic rings. The molecule has 0 aliphatic carbocycles. The molecule has 0 bridgehead atoms. The molecular weight excluding hydrogens is 202 g/mol. The first-order valence-corrected chi connectivity index (χ1v) is 5.71. The Balaban J connectivity index is 2.09. The first-order chi connectivity index (χ1) is 7.66. The van der Waals surface area contributed by atoms with Gasteiger partial charge >= 0.3 is 6.09 Å². The van der Waals surface area contributed by atoms with E-state index in [1.54, 1.807) is 0 Å². The molecule has 1 unspecified atom stereocenters. The molecule has 86 valence electrons. The van der Waals surface area contributed by atoms with Crippen molar-refractivity contribution in [2.45, 2.75) is 25.7 Å². The largest absolute Gasteiger partial charge is 0.465 e. The van der Waals surface area contributed by atoms with Gasteiger partial charge in [-0.25, -0.2) is 4.79 Å². The average molecular weight is 219 g/mol. The third-order valence-corrected chi connectivity index (χ3v) is 3.24. The second-order valence-corrected chi connectivity index (χ2v) is 4.48. The Hall–Kier alpha value is -1.51. The Labute approximate surface area is 95.7 Å². The minimum absolute atomic E-state index is 0.366. The highest BCUT2D eigenvalue weighted by Gasteiger charge is 2.23. The lowest BCUT2D eigenvalue weighted by Gasteiger charge is -2.31. The van der Waals surface area contributed by atoms with Gasteiger partial charge in [0.1, 0.15) is 0 Å². The summed E-state index contributed by atoms with van der Waals surface area (Å²) in [6.07, 6.45) is 1.26. The summed E-state index contributed by atoms with van der Waals surface area (Å²) < 4.78 is 0. The first kappa shape index (κ1) is 11.0. The van der Waals surface area contributed by atoms with Gasteiger partial charge in [0.2, 0.25) is 0 Å². The lowest BCUT2D eigenvalue weighted by molar-refractivity contribution is 0.130. The van der Waals surface area contributed by atoms with Crippen molar-refractivity contribution in [2.24, 2.45) is 0 Å². The summed E-state index contributed by atoms with van der Waals surface area (Å²) in [5.41, 5.74) is 2.51. The molecule has 1 amide bonds. The van der Waals surface area contributed by atoms with Crippen LogP contribution in [0.5, 0.6) is 0 Å². The Morgan fingerprint density at radius 3 is 2.69 bits per heavy atom. The number of piperidine rings is 1. The molecule has 1 aliphatic heterocycles. The fourth-order valence-electron chi connectivity index (χ4n) is 2.26. The summed E-state index contributed by atoms with van der Waals surface area (Å²) in [5, 5.41) is 8.97. The molecule has 0 spiro atoms. The number of nitrogens with zero attached hydrogens (tertiary/aromatic N) is 1. The maximum absolute atomic E-state index is 10.9. The second-order valence-electron chi connectivity index (χ2n) is 4.48. The molecule has 3 nitrogen and oxygen atoms in total. The number of carboxylic acid groups (broad SMARTS) is 1. The maximum atomic E-state index is 10.9. The number of likely N-dealkylation sites (tertiary alicyclic amines) is 1. The number of amides is 1. The van der Waals surface area contributed by atoms with Crippen molar-refractivity contribution < 1.29 is 9.90 Å². The summed E-state index contributed by atoms with van der Waals surface area (Å²) in [6.45, 7) is 3.38. The van der Waals surface area contributed by atoms with Gasteiger partial charge in [-0.2, -0.15) is 0 Å². The number of benzene rings is 1. The molecule has 3 heteroatoms. The van der Waals surface area contributed by atoms with Crippen LogP contribution < -0.4 is 0 Å². The van der Waals surface area contributed by atoms with Crippen LogP contribution in [0.1, 0.15) is 29.9 Å². The van der Waals surface area contributed by atoms with Crippen LogP contribution in [0.3, 0.4) is 0 Å². The zero-order chi connectivity index (χ0) is 11.5. The van der Waals surface area contributed by atoms with E-state index in [4.69, 9.17) is 5.11 Å². The van der Waals surface area contributed by atoms with E-state index in [1.165, 1.54) is 16.0 Å². The van der Waals surface area contributed by atoms with Gasteiger partial charge in [0, 0.05) is 19.0 Å². The van der Waals surface area contributed by atoms with E-state index in [1.807, 2.05) is 0 Å². The van der Waals surface area contributed by atoms with Gasteiger partial charge in [-0.05, 0) is 25.3 Å². The van der Waals surface area contributed by atoms with Crippen molar-refractivity contribution in [3.05, 3.63) is 35.4 Å². The highest BCUT2D eigenvalue weighted by molar-refractivity contribution is 5.65. The molecule has 1 aromatic rings. The standard InChI is InChI=1S/C13H17NO2/c1-10-4-6-11(7-5-10)12-3-2-8-14(9-12)13(15)16/h4-7,12H,2-3,8-9H2,1H3,(H,15,16). The van der Waals surface area contributed by atoms with Crippen LogP contribution in [0, 0.1) is 6.92 Å². The maximum Gasteiger partial charge on any atom is 0.407 e. The Morgan fingerprint density at radius 2 is 2.06 bits per heavy atom. The van der Waals surface area contributed by atoms with Gasteiger partial charge in [-0.1, -0.05) is 29.8 Å². The molecule has 16 heavy (non-hydrogen) atoms. The lowest BCUT2D eigenvalue weighted by atomic mass is 9.90. The number of rotatable bonds is 1. The monoisotopic (exact) mass is 219 g/mol. The summed E-state index contributed by atoms with van der Waals surface area (Å²) in [5.74, 6) is 0.366. The molecule has 1 N–H and O–H groups in total. The van der Waals surface area contributed by atoms with Crippen LogP contribution >= 0.6 is 0 Å². The van der Waals surface area contributed by atoms with E-state index in [0.29, 0.717) is 19.0 Å². The van der Waals surface area contributed by atoms with Gasteiger partial charge < -0.3 is 10.0 Å². The Morgan fingerprint density at radius 1 is 1.38 bits per heavy atom. The van der Waals surface area contributed by atoms with Crippen molar-refractivity contribution in [1.29, 1.82) is 0 Å². The third kappa shape index (κ3) is 2.35. The van der Waals surface area contributed by atoms with E-state index in [0.717, 1.165) is 12.8 Å². The molecule has 0 saturated carbocycles. The molecule has 1 fully saturated rings. The molecule has 1 aromatic carbocycles. The van der Waals surface area contributed by atoms with Crippen LogP contribution in [0.15, 0.2) is 24.3 Å². The minimum atomic E-state index is -0.795. The van der Waals surface area contributed by atoms with Crippen molar-refractivity contribution >= 4 is 6.09 Å². The smallest absolute Gasteiger partial charge is 0.407 e. The predicted molar refractivity (Wildman–Crippen MR) is 62.8 cm³/mol. The minimum Gasteiger partial charge on any atom is -0.465 e. The second kappa shape index (κ2) is 4.56. The number of hydrogen-bond acceptors (Lipinski definition) is 1. The molecule has 2 rings (SSSR count). The average Bonchev–Trinajstić information content (AvgIpc) is 2.30. The fraction of sp³-hybridized carbons (Fsp3) is 0.462. The topological polar surface area (TPSA) is 40.5 Å². The summed E-state index contributed by atoms with van der Waals surface area (Å²) in [7, 11) is 0. The van der Waals surface area contributed by atoms with Crippen LogP contribution in [0.4, 0.5) is 4.79 Å². The van der Waals surface area contributed by atoms with Crippen molar-refractivity contribution in [1.82, 2.24) is 4.90 Å². The van der Waals surface area contributed by atoms with Gasteiger partial charge in [0.25, 0.3) is 0 Å². The van der Waals surface area contributed by atoms with E-state index in [2.05, 4.69) is 31.2 Å². The molecule has 1 heterocycles.